The third-order valence-corrected chi connectivity index (χ3v) is 3.36. The number of hydrogen-bond donors (Lipinski definition) is 2. The summed E-state index contributed by atoms with van der Waals surface area (Å²) in [4.78, 5) is 11.9. The lowest BCUT2D eigenvalue weighted by Gasteiger charge is -2.10. The SMILES string of the molecule is CCCOc1cccc(NCC(=O)Nc2cccc(Br)c2)c1. The fraction of sp³-hybridized carbons (Fsp3) is 0.235. The second kappa shape index (κ2) is 8.44. The Morgan fingerprint density at radius 2 is 1.91 bits per heavy atom. The zero-order valence-corrected chi connectivity index (χ0v) is 14.0. The third kappa shape index (κ3) is 5.41. The number of benzene rings is 2. The lowest BCUT2D eigenvalue weighted by Crippen LogP contribution is -2.21. The molecule has 0 unspecified atom stereocenters. The average molecular weight is 363 g/mol. The second-order valence-corrected chi connectivity index (χ2v) is 5.70. The van der Waals surface area contributed by atoms with Gasteiger partial charge in [0, 0.05) is 21.9 Å². The van der Waals surface area contributed by atoms with Crippen molar-refractivity contribution in [2.75, 3.05) is 23.8 Å². The summed E-state index contributed by atoms with van der Waals surface area (Å²) in [5.41, 5.74) is 1.62. The highest BCUT2D eigenvalue weighted by Gasteiger charge is 2.03. The van der Waals surface area contributed by atoms with Crippen molar-refractivity contribution in [2.45, 2.75) is 13.3 Å². The van der Waals surface area contributed by atoms with E-state index in [1.165, 1.54) is 0 Å². The van der Waals surface area contributed by atoms with Gasteiger partial charge in [-0.2, -0.15) is 0 Å². The predicted octanol–water partition coefficient (Wildman–Crippen LogP) is 4.29. The monoisotopic (exact) mass is 362 g/mol. The van der Waals surface area contributed by atoms with Crippen LogP contribution in [-0.2, 0) is 4.79 Å². The van der Waals surface area contributed by atoms with Crippen LogP contribution >= 0.6 is 15.9 Å². The molecule has 0 aliphatic rings. The summed E-state index contributed by atoms with van der Waals surface area (Å²) < 4.78 is 6.50. The molecule has 22 heavy (non-hydrogen) atoms. The van der Waals surface area contributed by atoms with Crippen molar-refractivity contribution in [1.29, 1.82) is 0 Å². The van der Waals surface area contributed by atoms with Crippen LogP contribution < -0.4 is 15.4 Å². The van der Waals surface area contributed by atoms with Crippen LogP contribution in [0.4, 0.5) is 11.4 Å². The van der Waals surface area contributed by atoms with Crippen molar-refractivity contribution in [3.8, 4) is 5.75 Å². The second-order valence-electron chi connectivity index (χ2n) is 4.79. The minimum atomic E-state index is -0.0991. The highest BCUT2D eigenvalue weighted by atomic mass is 79.9. The van der Waals surface area contributed by atoms with E-state index in [2.05, 4.69) is 33.5 Å². The smallest absolute Gasteiger partial charge is 0.243 e. The molecule has 2 aromatic rings. The Labute approximate surface area is 139 Å². The first-order valence-electron chi connectivity index (χ1n) is 7.19. The van der Waals surface area contributed by atoms with Gasteiger partial charge >= 0.3 is 0 Å². The summed E-state index contributed by atoms with van der Waals surface area (Å²) >= 11 is 3.38. The van der Waals surface area contributed by atoms with E-state index in [0.717, 1.165) is 28.0 Å². The topological polar surface area (TPSA) is 50.4 Å². The van der Waals surface area contributed by atoms with E-state index in [9.17, 15) is 4.79 Å². The molecule has 0 aliphatic heterocycles. The molecule has 2 rings (SSSR count). The average Bonchev–Trinajstić information content (AvgIpc) is 2.51. The molecule has 0 bridgehead atoms. The Kier molecular flexibility index (Phi) is 6.27. The molecule has 4 nitrogen and oxygen atoms in total. The molecule has 0 saturated carbocycles. The fourth-order valence-corrected chi connectivity index (χ4v) is 2.27. The number of carbonyl (C=O) groups is 1. The first kappa shape index (κ1) is 16.4. The molecule has 2 N–H and O–H groups in total. The van der Waals surface area contributed by atoms with Crippen LogP contribution in [-0.4, -0.2) is 19.1 Å². The van der Waals surface area contributed by atoms with Gasteiger partial charge in [0.1, 0.15) is 5.75 Å². The highest BCUT2D eigenvalue weighted by molar-refractivity contribution is 9.10. The van der Waals surface area contributed by atoms with Gasteiger partial charge in [-0.15, -0.1) is 0 Å². The van der Waals surface area contributed by atoms with E-state index in [1.54, 1.807) is 0 Å². The summed E-state index contributed by atoms with van der Waals surface area (Å²) in [6.07, 6.45) is 0.965. The number of rotatable bonds is 7. The van der Waals surface area contributed by atoms with Crippen LogP contribution in [0.2, 0.25) is 0 Å². The lowest BCUT2D eigenvalue weighted by molar-refractivity contribution is -0.114. The van der Waals surface area contributed by atoms with E-state index in [0.29, 0.717) is 6.61 Å². The Hall–Kier alpha value is -2.01. The van der Waals surface area contributed by atoms with Gasteiger partial charge in [0.15, 0.2) is 0 Å². The number of amides is 1. The van der Waals surface area contributed by atoms with Gasteiger partial charge in [0.05, 0.1) is 13.2 Å². The van der Waals surface area contributed by atoms with Gasteiger partial charge in [-0.25, -0.2) is 0 Å². The summed E-state index contributed by atoms with van der Waals surface area (Å²) in [6, 6.07) is 15.1. The number of nitrogens with one attached hydrogen (secondary N) is 2. The molecule has 116 valence electrons. The largest absolute Gasteiger partial charge is 0.494 e. The summed E-state index contributed by atoms with van der Waals surface area (Å²) in [6.45, 7) is 2.95. The molecule has 0 spiro atoms. The first-order chi connectivity index (χ1) is 10.7. The first-order valence-corrected chi connectivity index (χ1v) is 7.99. The van der Waals surface area contributed by atoms with Crippen molar-refractivity contribution in [3.05, 3.63) is 53.0 Å². The minimum Gasteiger partial charge on any atom is -0.494 e. The van der Waals surface area contributed by atoms with E-state index >= 15 is 0 Å². The molecule has 0 fully saturated rings. The Balaban J connectivity index is 1.85. The van der Waals surface area contributed by atoms with Crippen LogP contribution in [0.15, 0.2) is 53.0 Å². The van der Waals surface area contributed by atoms with Crippen molar-refractivity contribution >= 4 is 33.2 Å². The van der Waals surface area contributed by atoms with Gasteiger partial charge in [-0.3, -0.25) is 4.79 Å². The van der Waals surface area contributed by atoms with Crippen molar-refractivity contribution in [2.24, 2.45) is 0 Å². The molecule has 0 radical (unpaired) electrons. The standard InChI is InChI=1S/C17H19BrN2O2/c1-2-9-22-16-8-4-6-14(11-16)19-12-17(21)20-15-7-3-5-13(18)10-15/h3-8,10-11,19H,2,9,12H2,1H3,(H,20,21). The third-order valence-electron chi connectivity index (χ3n) is 2.87. The molecule has 0 aliphatic carbocycles. The number of anilines is 2. The number of ether oxygens (including phenoxy) is 1. The molecular weight excluding hydrogens is 344 g/mol. The van der Waals surface area contributed by atoms with E-state index < -0.39 is 0 Å². The van der Waals surface area contributed by atoms with Crippen LogP contribution in [0.1, 0.15) is 13.3 Å². The molecular formula is C17H19BrN2O2. The van der Waals surface area contributed by atoms with Crippen molar-refractivity contribution in [3.63, 3.8) is 0 Å². The van der Waals surface area contributed by atoms with Crippen molar-refractivity contribution in [1.82, 2.24) is 0 Å². The van der Waals surface area contributed by atoms with Crippen LogP contribution in [0.3, 0.4) is 0 Å². The van der Waals surface area contributed by atoms with Crippen LogP contribution in [0.25, 0.3) is 0 Å². The Morgan fingerprint density at radius 1 is 1.14 bits per heavy atom. The summed E-state index contributed by atoms with van der Waals surface area (Å²) in [7, 11) is 0. The van der Waals surface area contributed by atoms with E-state index in [-0.39, 0.29) is 12.5 Å². The van der Waals surface area contributed by atoms with Gasteiger partial charge in [-0.1, -0.05) is 35.0 Å². The summed E-state index contributed by atoms with van der Waals surface area (Å²) in [5, 5.41) is 5.93. The maximum absolute atomic E-state index is 11.9. The van der Waals surface area contributed by atoms with Gasteiger partial charge < -0.3 is 15.4 Å². The number of carbonyl (C=O) groups excluding carboxylic acids is 1. The lowest BCUT2D eigenvalue weighted by atomic mass is 10.3. The summed E-state index contributed by atoms with van der Waals surface area (Å²) in [5.74, 6) is 0.706. The molecule has 0 aromatic heterocycles. The molecule has 0 atom stereocenters. The highest BCUT2D eigenvalue weighted by Crippen LogP contribution is 2.18. The zero-order chi connectivity index (χ0) is 15.8. The molecule has 0 heterocycles. The quantitative estimate of drug-likeness (QED) is 0.772. The number of halogens is 1. The molecule has 0 saturated heterocycles. The van der Waals surface area contributed by atoms with Gasteiger partial charge in [0.25, 0.3) is 0 Å². The Morgan fingerprint density at radius 3 is 2.68 bits per heavy atom. The van der Waals surface area contributed by atoms with Crippen LogP contribution in [0.5, 0.6) is 5.75 Å². The van der Waals surface area contributed by atoms with Crippen LogP contribution in [0, 0.1) is 0 Å². The normalized spacial score (nSPS) is 10.1. The van der Waals surface area contributed by atoms with Gasteiger partial charge in [-0.05, 0) is 36.8 Å². The molecule has 1 amide bonds. The maximum Gasteiger partial charge on any atom is 0.243 e. The van der Waals surface area contributed by atoms with E-state index in [1.807, 2.05) is 48.5 Å². The van der Waals surface area contributed by atoms with E-state index in [4.69, 9.17) is 4.74 Å². The minimum absolute atomic E-state index is 0.0991. The fourth-order valence-electron chi connectivity index (χ4n) is 1.87. The predicted molar refractivity (Wildman–Crippen MR) is 93.5 cm³/mol. The van der Waals surface area contributed by atoms with Gasteiger partial charge in [0.2, 0.25) is 5.91 Å². The molecule has 5 heteroatoms. The maximum atomic E-state index is 11.9. The molecule has 2 aromatic carbocycles. The number of hydrogen-bond acceptors (Lipinski definition) is 3. The Bertz CT molecular complexity index is 632. The zero-order valence-electron chi connectivity index (χ0n) is 12.4. The van der Waals surface area contributed by atoms with Crippen molar-refractivity contribution < 1.29 is 9.53 Å².